The Hall–Kier alpha value is -1.69. The van der Waals surface area contributed by atoms with Crippen molar-refractivity contribution in [3.63, 3.8) is 0 Å². The fourth-order valence-corrected chi connectivity index (χ4v) is 2.77. The molecule has 136 valence electrons. The molecule has 0 aromatic rings. The van der Waals surface area contributed by atoms with E-state index in [4.69, 9.17) is 14.6 Å². The van der Waals surface area contributed by atoms with E-state index in [-0.39, 0.29) is 11.7 Å². The maximum atomic E-state index is 12.6. The smallest absolute Gasteiger partial charge is 0.331 e. The maximum Gasteiger partial charge on any atom is 0.331 e. The molecular formula is C18H28O6. The number of carbonyl (C=O) groups excluding carboxylic acids is 2. The first kappa shape index (κ1) is 20.4. The van der Waals surface area contributed by atoms with E-state index < -0.39 is 18.0 Å². The molecule has 0 spiro atoms. The third-order valence-corrected chi connectivity index (χ3v) is 4.11. The average Bonchev–Trinajstić information content (AvgIpc) is 2.59. The first-order valence-electron chi connectivity index (χ1n) is 8.77. The number of rotatable bonds is 11. The molecular weight excluding hydrogens is 312 g/mol. The van der Waals surface area contributed by atoms with Crippen LogP contribution in [0.4, 0.5) is 0 Å². The molecule has 1 rings (SSSR count). The van der Waals surface area contributed by atoms with Crippen LogP contribution in [0.15, 0.2) is 12.2 Å². The number of ether oxygens (including phenoxy) is 2. The molecule has 1 saturated carbocycles. The number of carboxylic acids is 1. The Balaban J connectivity index is 2.58. The zero-order chi connectivity index (χ0) is 17.8. The molecule has 0 saturated heterocycles. The molecule has 0 aliphatic heterocycles. The van der Waals surface area contributed by atoms with Gasteiger partial charge in [0.2, 0.25) is 0 Å². The Morgan fingerprint density at radius 2 is 1.83 bits per heavy atom. The number of carbonyl (C=O) groups is 3. The van der Waals surface area contributed by atoms with Crippen LogP contribution in [0.25, 0.3) is 0 Å². The van der Waals surface area contributed by atoms with Crippen LogP contribution in [0.2, 0.25) is 0 Å². The second-order valence-electron chi connectivity index (χ2n) is 6.09. The molecule has 6 heteroatoms. The van der Waals surface area contributed by atoms with Gasteiger partial charge in [0.25, 0.3) is 0 Å². The van der Waals surface area contributed by atoms with Gasteiger partial charge in [-0.3, -0.25) is 4.79 Å². The molecule has 24 heavy (non-hydrogen) atoms. The molecule has 6 nitrogen and oxygen atoms in total. The van der Waals surface area contributed by atoms with E-state index in [1.807, 2.05) is 0 Å². The third-order valence-electron chi connectivity index (χ3n) is 4.11. The summed E-state index contributed by atoms with van der Waals surface area (Å²) in [5.41, 5.74) is 0. The summed E-state index contributed by atoms with van der Waals surface area (Å²) in [7, 11) is 0. The van der Waals surface area contributed by atoms with Gasteiger partial charge in [0.15, 0.2) is 11.9 Å². The fourth-order valence-electron chi connectivity index (χ4n) is 2.77. The van der Waals surface area contributed by atoms with Crippen molar-refractivity contribution in [1.82, 2.24) is 0 Å². The number of aliphatic carboxylic acids is 1. The van der Waals surface area contributed by atoms with Gasteiger partial charge in [0.1, 0.15) is 0 Å². The lowest BCUT2D eigenvalue weighted by Crippen LogP contribution is -2.34. The highest BCUT2D eigenvalue weighted by atomic mass is 16.5. The van der Waals surface area contributed by atoms with E-state index in [1.54, 1.807) is 0 Å². The Morgan fingerprint density at radius 1 is 1.12 bits per heavy atom. The minimum absolute atomic E-state index is 0.0640. The lowest BCUT2D eigenvalue weighted by Gasteiger charge is -2.25. The van der Waals surface area contributed by atoms with E-state index in [0.29, 0.717) is 25.7 Å². The third kappa shape index (κ3) is 8.24. The zero-order valence-electron chi connectivity index (χ0n) is 14.4. The minimum Gasteiger partial charge on any atom is -0.478 e. The number of carboxylic acid groups (broad SMARTS) is 1. The molecule has 1 aliphatic carbocycles. The van der Waals surface area contributed by atoms with Crippen LogP contribution >= 0.6 is 0 Å². The Morgan fingerprint density at radius 3 is 2.46 bits per heavy atom. The summed E-state index contributed by atoms with van der Waals surface area (Å²) < 4.78 is 10.7. The lowest BCUT2D eigenvalue weighted by atomic mass is 9.84. The van der Waals surface area contributed by atoms with Gasteiger partial charge < -0.3 is 14.6 Å². The quantitative estimate of drug-likeness (QED) is 0.353. The second kappa shape index (κ2) is 11.8. The lowest BCUT2D eigenvalue weighted by molar-refractivity contribution is -0.153. The van der Waals surface area contributed by atoms with Crippen molar-refractivity contribution in [3.05, 3.63) is 12.2 Å². The highest BCUT2D eigenvalue weighted by Gasteiger charge is 2.30. The molecule has 0 bridgehead atoms. The average molecular weight is 340 g/mol. The monoisotopic (exact) mass is 340 g/mol. The first-order valence-corrected chi connectivity index (χ1v) is 8.77. The molecule has 1 unspecified atom stereocenters. The summed E-state index contributed by atoms with van der Waals surface area (Å²) >= 11 is 0. The largest absolute Gasteiger partial charge is 0.478 e. The molecule has 0 heterocycles. The minimum atomic E-state index is -1.23. The van der Waals surface area contributed by atoms with Crippen molar-refractivity contribution in [2.75, 3.05) is 13.2 Å². The van der Waals surface area contributed by atoms with Gasteiger partial charge in [0.05, 0.1) is 6.61 Å². The predicted molar refractivity (Wildman–Crippen MR) is 88.6 cm³/mol. The van der Waals surface area contributed by atoms with Crippen molar-refractivity contribution < 1.29 is 29.0 Å². The predicted octanol–water partition coefficient (Wildman–Crippen LogP) is 2.90. The summed E-state index contributed by atoms with van der Waals surface area (Å²) in [4.78, 5) is 34.8. The van der Waals surface area contributed by atoms with Crippen LogP contribution in [0, 0.1) is 5.92 Å². The summed E-state index contributed by atoms with van der Waals surface area (Å²) in [6.45, 7) is 3.03. The fraction of sp³-hybridized carbons (Fsp3) is 0.722. The molecule has 0 aromatic heterocycles. The van der Waals surface area contributed by atoms with Crippen molar-refractivity contribution in [2.45, 2.75) is 64.4 Å². The van der Waals surface area contributed by atoms with Crippen LogP contribution < -0.4 is 0 Å². The van der Waals surface area contributed by atoms with Gasteiger partial charge in [-0.05, 0) is 19.3 Å². The number of unbranched alkanes of at least 4 members (excludes halogenated alkanes) is 1. The van der Waals surface area contributed by atoms with E-state index >= 15 is 0 Å². The van der Waals surface area contributed by atoms with E-state index in [9.17, 15) is 14.4 Å². The van der Waals surface area contributed by atoms with Crippen molar-refractivity contribution >= 4 is 17.7 Å². The number of ketones is 1. The molecule has 1 N–H and O–H groups in total. The van der Waals surface area contributed by atoms with Gasteiger partial charge in [0, 0.05) is 31.1 Å². The highest BCUT2D eigenvalue weighted by Crippen LogP contribution is 2.26. The molecule has 0 amide bonds. The Bertz CT molecular complexity index is 437. The summed E-state index contributed by atoms with van der Waals surface area (Å²) in [6, 6.07) is 0. The summed E-state index contributed by atoms with van der Waals surface area (Å²) in [5.74, 6) is -2.17. The van der Waals surface area contributed by atoms with Gasteiger partial charge in [-0.1, -0.05) is 32.6 Å². The van der Waals surface area contributed by atoms with Crippen molar-refractivity contribution in [1.29, 1.82) is 0 Å². The van der Waals surface area contributed by atoms with Crippen LogP contribution in [-0.4, -0.2) is 42.1 Å². The Labute approximate surface area is 143 Å². The van der Waals surface area contributed by atoms with Crippen molar-refractivity contribution in [2.24, 2.45) is 5.92 Å². The van der Waals surface area contributed by atoms with Crippen LogP contribution in [-0.2, 0) is 23.9 Å². The number of hydrogen-bond acceptors (Lipinski definition) is 5. The van der Waals surface area contributed by atoms with Gasteiger partial charge in [-0.25, -0.2) is 9.59 Å². The maximum absolute atomic E-state index is 12.6. The SMILES string of the molecule is CCCCOCCC(OC(=O)C=CC(=O)O)C(=O)C1CCCCC1. The highest BCUT2D eigenvalue weighted by molar-refractivity contribution is 5.93. The van der Waals surface area contributed by atoms with Crippen LogP contribution in [0.3, 0.4) is 0 Å². The van der Waals surface area contributed by atoms with E-state index in [2.05, 4.69) is 6.92 Å². The number of Topliss-reactive ketones (excluding diaryl/α,β-unsaturated/α-hetero) is 1. The number of esters is 1. The zero-order valence-corrected chi connectivity index (χ0v) is 14.4. The topological polar surface area (TPSA) is 89.9 Å². The van der Waals surface area contributed by atoms with Gasteiger partial charge >= 0.3 is 11.9 Å². The first-order chi connectivity index (χ1) is 11.5. The summed E-state index contributed by atoms with van der Waals surface area (Å²) in [6.07, 6.45) is 7.79. The van der Waals surface area contributed by atoms with Crippen molar-refractivity contribution in [3.8, 4) is 0 Å². The number of hydrogen-bond donors (Lipinski definition) is 1. The Kier molecular flexibility index (Phi) is 10.00. The molecule has 1 atom stereocenters. The van der Waals surface area contributed by atoms with Crippen LogP contribution in [0.1, 0.15) is 58.3 Å². The van der Waals surface area contributed by atoms with Gasteiger partial charge in [-0.2, -0.15) is 0 Å². The van der Waals surface area contributed by atoms with E-state index in [1.165, 1.54) is 0 Å². The second-order valence-corrected chi connectivity index (χ2v) is 6.09. The van der Waals surface area contributed by atoms with Crippen LogP contribution in [0.5, 0.6) is 0 Å². The normalized spacial score (nSPS) is 16.9. The van der Waals surface area contributed by atoms with Gasteiger partial charge in [-0.15, -0.1) is 0 Å². The van der Waals surface area contributed by atoms with E-state index in [0.717, 1.165) is 51.0 Å². The molecule has 0 aromatic carbocycles. The summed E-state index contributed by atoms with van der Waals surface area (Å²) in [5, 5.41) is 8.55. The molecule has 1 fully saturated rings. The molecule has 0 radical (unpaired) electrons. The standard InChI is InChI=1S/C18H28O6/c1-2-3-12-23-13-11-15(24-17(21)10-9-16(19)20)18(22)14-7-5-4-6-8-14/h9-10,14-15H,2-8,11-13H2,1H3,(H,19,20). The molecule has 1 aliphatic rings.